The van der Waals surface area contributed by atoms with Crippen molar-refractivity contribution in [3.05, 3.63) is 65.7 Å². The summed E-state index contributed by atoms with van der Waals surface area (Å²) in [5.74, 6) is -0.930. The number of nitrogens with one attached hydrogen (secondary N) is 1. The molecule has 0 unspecified atom stereocenters. The number of ether oxygens (including phenoxy) is 1. The van der Waals surface area contributed by atoms with Gasteiger partial charge < -0.3 is 15.2 Å². The number of hydrogen-bond donors (Lipinski definition) is 2. The lowest BCUT2D eigenvalue weighted by Crippen LogP contribution is -2.33. The molecule has 1 amide bonds. The first-order valence-electron chi connectivity index (χ1n) is 6.34. The molecule has 0 fully saturated rings. The van der Waals surface area contributed by atoms with Crippen molar-refractivity contribution in [2.75, 3.05) is 7.11 Å². The van der Waals surface area contributed by atoms with Crippen LogP contribution in [-0.2, 0) is 4.79 Å². The third-order valence-corrected chi connectivity index (χ3v) is 3.01. The van der Waals surface area contributed by atoms with Crippen LogP contribution in [0.4, 0.5) is 0 Å². The second-order valence-electron chi connectivity index (χ2n) is 4.38. The van der Waals surface area contributed by atoms with Crippen molar-refractivity contribution >= 4 is 11.9 Å². The van der Waals surface area contributed by atoms with Crippen LogP contribution in [0.25, 0.3) is 0 Å². The number of methoxy groups -OCH3 is 1. The molecule has 5 heteroatoms. The van der Waals surface area contributed by atoms with E-state index in [1.165, 1.54) is 7.11 Å². The summed E-state index contributed by atoms with van der Waals surface area (Å²) in [5, 5.41) is 11.8. The highest BCUT2D eigenvalue weighted by atomic mass is 16.5. The fourth-order valence-electron chi connectivity index (χ4n) is 1.89. The number of carboxylic acid groups (broad SMARTS) is 1. The van der Waals surface area contributed by atoms with Gasteiger partial charge in [0.1, 0.15) is 5.75 Å². The topological polar surface area (TPSA) is 75.6 Å². The molecule has 21 heavy (non-hydrogen) atoms. The molecule has 5 nitrogen and oxygen atoms in total. The molecular weight excluding hydrogens is 270 g/mol. The Morgan fingerprint density at radius 1 is 1.05 bits per heavy atom. The summed E-state index contributed by atoms with van der Waals surface area (Å²) >= 11 is 0. The van der Waals surface area contributed by atoms with Gasteiger partial charge in [-0.25, -0.2) is 4.79 Å². The van der Waals surface area contributed by atoms with Crippen molar-refractivity contribution in [3.8, 4) is 5.75 Å². The fraction of sp³-hybridized carbons (Fsp3) is 0.125. The van der Waals surface area contributed by atoms with Gasteiger partial charge in [-0.05, 0) is 29.8 Å². The number of benzene rings is 2. The monoisotopic (exact) mass is 285 g/mol. The molecule has 0 aliphatic heterocycles. The third kappa shape index (κ3) is 3.60. The van der Waals surface area contributed by atoms with Gasteiger partial charge in [0.2, 0.25) is 0 Å². The molecule has 0 bridgehead atoms. The quantitative estimate of drug-likeness (QED) is 0.883. The van der Waals surface area contributed by atoms with Crippen LogP contribution in [0.2, 0.25) is 0 Å². The number of carboxylic acids is 1. The molecule has 0 radical (unpaired) electrons. The van der Waals surface area contributed by atoms with E-state index in [1.807, 2.05) is 0 Å². The van der Waals surface area contributed by atoms with Gasteiger partial charge in [0, 0.05) is 5.56 Å². The van der Waals surface area contributed by atoms with E-state index >= 15 is 0 Å². The number of rotatable bonds is 5. The number of carbonyl (C=O) groups is 2. The molecular formula is C16H15NO4. The molecule has 2 N–H and O–H groups in total. The van der Waals surface area contributed by atoms with Crippen LogP contribution in [0.3, 0.4) is 0 Å². The zero-order chi connectivity index (χ0) is 15.2. The molecule has 108 valence electrons. The molecule has 2 rings (SSSR count). The Balaban J connectivity index is 2.19. The van der Waals surface area contributed by atoms with E-state index in [0.717, 1.165) is 0 Å². The van der Waals surface area contributed by atoms with Gasteiger partial charge in [-0.1, -0.05) is 30.3 Å². The number of hydrogen-bond acceptors (Lipinski definition) is 3. The highest BCUT2D eigenvalue weighted by Crippen LogP contribution is 2.18. The number of amides is 1. The Labute approximate surface area is 122 Å². The van der Waals surface area contributed by atoms with Crippen LogP contribution in [-0.4, -0.2) is 24.1 Å². The molecule has 0 saturated carbocycles. The third-order valence-electron chi connectivity index (χ3n) is 3.01. The molecule has 2 aromatic carbocycles. The smallest absolute Gasteiger partial charge is 0.330 e. The maximum Gasteiger partial charge on any atom is 0.330 e. The Kier molecular flexibility index (Phi) is 4.56. The molecule has 2 aromatic rings. The standard InChI is InChI=1S/C16H15NO4/c1-21-13-9-7-11(8-10-13)14(16(19)20)17-15(18)12-5-3-2-4-6-12/h2-10,14H,1H3,(H,17,18)(H,19,20)/t14-/m1/s1. The van der Waals surface area contributed by atoms with Crippen LogP contribution in [0, 0.1) is 0 Å². The Hall–Kier alpha value is -2.82. The summed E-state index contributed by atoms with van der Waals surface area (Å²) in [7, 11) is 1.53. The lowest BCUT2D eigenvalue weighted by molar-refractivity contribution is -0.139. The number of aliphatic carboxylic acids is 1. The van der Waals surface area contributed by atoms with Crippen molar-refractivity contribution in [1.29, 1.82) is 0 Å². The second kappa shape index (κ2) is 6.56. The van der Waals surface area contributed by atoms with Gasteiger partial charge in [-0.3, -0.25) is 4.79 Å². The average molecular weight is 285 g/mol. The van der Waals surface area contributed by atoms with Crippen molar-refractivity contribution in [2.24, 2.45) is 0 Å². The van der Waals surface area contributed by atoms with E-state index in [4.69, 9.17) is 4.74 Å². The summed E-state index contributed by atoms with van der Waals surface area (Å²) in [6, 6.07) is 13.9. The van der Waals surface area contributed by atoms with Crippen LogP contribution in [0.5, 0.6) is 5.75 Å². The first kappa shape index (κ1) is 14.6. The van der Waals surface area contributed by atoms with E-state index in [9.17, 15) is 14.7 Å². The zero-order valence-electron chi connectivity index (χ0n) is 11.4. The molecule has 0 spiro atoms. The van der Waals surface area contributed by atoms with Crippen LogP contribution < -0.4 is 10.1 Å². The molecule has 0 aliphatic carbocycles. The zero-order valence-corrected chi connectivity index (χ0v) is 11.4. The predicted octanol–water partition coefficient (Wildman–Crippen LogP) is 2.25. The van der Waals surface area contributed by atoms with Crippen molar-refractivity contribution in [1.82, 2.24) is 5.32 Å². The van der Waals surface area contributed by atoms with Crippen LogP contribution >= 0.6 is 0 Å². The van der Waals surface area contributed by atoms with Gasteiger partial charge in [0.15, 0.2) is 6.04 Å². The van der Waals surface area contributed by atoms with Crippen LogP contribution in [0.1, 0.15) is 22.0 Å². The van der Waals surface area contributed by atoms with Crippen molar-refractivity contribution in [3.63, 3.8) is 0 Å². The highest BCUT2D eigenvalue weighted by molar-refractivity contribution is 5.96. The lowest BCUT2D eigenvalue weighted by atomic mass is 10.1. The molecule has 0 saturated heterocycles. The van der Waals surface area contributed by atoms with E-state index < -0.39 is 17.9 Å². The molecule has 0 aliphatic rings. The molecule has 0 heterocycles. The summed E-state index contributed by atoms with van der Waals surface area (Å²) in [5.41, 5.74) is 0.893. The largest absolute Gasteiger partial charge is 0.497 e. The van der Waals surface area contributed by atoms with Crippen molar-refractivity contribution in [2.45, 2.75) is 6.04 Å². The maximum absolute atomic E-state index is 12.1. The fourth-order valence-corrected chi connectivity index (χ4v) is 1.89. The van der Waals surface area contributed by atoms with Gasteiger partial charge in [0.05, 0.1) is 7.11 Å². The predicted molar refractivity (Wildman–Crippen MR) is 77.3 cm³/mol. The lowest BCUT2D eigenvalue weighted by Gasteiger charge is -2.15. The van der Waals surface area contributed by atoms with Crippen LogP contribution in [0.15, 0.2) is 54.6 Å². The van der Waals surface area contributed by atoms with E-state index in [-0.39, 0.29) is 0 Å². The molecule has 0 aromatic heterocycles. The SMILES string of the molecule is COc1ccc([C@@H](NC(=O)c2ccccc2)C(=O)O)cc1. The second-order valence-corrected chi connectivity index (χ2v) is 4.38. The summed E-state index contributed by atoms with van der Waals surface area (Å²) in [6.07, 6.45) is 0. The first-order chi connectivity index (χ1) is 10.1. The average Bonchev–Trinajstić information content (AvgIpc) is 2.53. The minimum Gasteiger partial charge on any atom is -0.497 e. The highest BCUT2D eigenvalue weighted by Gasteiger charge is 2.22. The Morgan fingerprint density at radius 3 is 2.19 bits per heavy atom. The maximum atomic E-state index is 12.1. The Bertz CT molecular complexity index is 622. The molecule has 1 atom stereocenters. The van der Waals surface area contributed by atoms with E-state index in [0.29, 0.717) is 16.9 Å². The summed E-state index contributed by atoms with van der Waals surface area (Å²) in [4.78, 5) is 23.4. The van der Waals surface area contributed by atoms with E-state index in [2.05, 4.69) is 5.32 Å². The number of carbonyl (C=O) groups excluding carboxylic acids is 1. The first-order valence-corrected chi connectivity index (χ1v) is 6.34. The summed E-state index contributed by atoms with van der Waals surface area (Å²) < 4.78 is 5.03. The minimum atomic E-state index is -1.12. The summed E-state index contributed by atoms with van der Waals surface area (Å²) in [6.45, 7) is 0. The van der Waals surface area contributed by atoms with Gasteiger partial charge >= 0.3 is 5.97 Å². The van der Waals surface area contributed by atoms with Gasteiger partial charge in [-0.2, -0.15) is 0 Å². The van der Waals surface area contributed by atoms with Gasteiger partial charge in [-0.15, -0.1) is 0 Å². The minimum absolute atomic E-state index is 0.414. The normalized spacial score (nSPS) is 11.5. The Morgan fingerprint density at radius 2 is 1.67 bits per heavy atom. The van der Waals surface area contributed by atoms with E-state index in [1.54, 1.807) is 54.6 Å². The van der Waals surface area contributed by atoms with Gasteiger partial charge in [0.25, 0.3) is 5.91 Å². The van der Waals surface area contributed by atoms with Crippen molar-refractivity contribution < 1.29 is 19.4 Å².